The Morgan fingerprint density at radius 3 is 2.36 bits per heavy atom. The van der Waals surface area contributed by atoms with Crippen molar-refractivity contribution in [3.05, 3.63) is 65.2 Å². The molecule has 0 aliphatic carbocycles. The van der Waals surface area contributed by atoms with Crippen molar-refractivity contribution in [2.45, 2.75) is 13.2 Å². The van der Waals surface area contributed by atoms with E-state index in [2.05, 4.69) is 9.47 Å². The molecule has 148 valence electrons. The zero-order chi connectivity index (χ0) is 20.5. The molecule has 0 fully saturated rings. The zero-order valence-electron chi connectivity index (χ0n) is 15.2. The van der Waals surface area contributed by atoms with Crippen molar-refractivity contribution in [3.8, 4) is 11.5 Å². The Kier molecular flexibility index (Phi) is 7.50. The van der Waals surface area contributed by atoms with Crippen molar-refractivity contribution < 1.29 is 37.3 Å². The number of ether oxygens (including phenoxy) is 4. The highest BCUT2D eigenvalue weighted by Crippen LogP contribution is 2.29. The van der Waals surface area contributed by atoms with Gasteiger partial charge < -0.3 is 18.9 Å². The molecule has 2 aromatic rings. The lowest BCUT2D eigenvalue weighted by Gasteiger charge is -2.11. The molecule has 0 aliphatic heterocycles. The van der Waals surface area contributed by atoms with Crippen LogP contribution in [0.15, 0.2) is 48.5 Å². The van der Waals surface area contributed by atoms with E-state index in [-0.39, 0.29) is 18.1 Å². The minimum Gasteiger partial charge on any atom is -0.493 e. The summed E-state index contributed by atoms with van der Waals surface area (Å²) in [5.74, 6) is -1.04. The SMILES string of the molecule is COC(=O)c1ccc(/C=C/C(=O)OCc2ccc(OC(F)F)c(OC)c2)cc1. The van der Waals surface area contributed by atoms with Gasteiger partial charge in [0.05, 0.1) is 19.8 Å². The second kappa shape index (κ2) is 10.1. The van der Waals surface area contributed by atoms with Crippen LogP contribution in [0, 0.1) is 0 Å². The van der Waals surface area contributed by atoms with Gasteiger partial charge in [0.1, 0.15) is 6.61 Å². The summed E-state index contributed by atoms with van der Waals surface area (Å²) in [5.41, 5.74) is 1.64. The van der Waals surface area contributed by atoms with Crippen molar-refractivity contribution in [2.75, 3.05) is 14.2 Å². The van der Waals surface area contributed by atoms with Crippen LogP contribution in [0.5, 0.6) is 11.5 Å². The topological polar surface area (TPSA) is 71.1 Å². The molecule has 0 radical (unpaired) electrons. The van der Waals surface area contributed by atoms with Crippen molar-refractivity contribution in [1.82, 2.24) is 0 Å². The van der Waals surface area contributed by atoms with Crippen molar-refractivity contribution >= 4 is 18.0 Å². The third-order valence-electron chi connectivity index (χ3n) is 3.57. The van der Waals surface area contributed by atoms with Gasteiger partial charge in [-0.15, -0.1) is 0 Å². The van der Waals surface area contributed by atoms with E-state index in [0.29, 0.717) is 16.7 Å². The first-order valence-electron chi connectivity index (χ1n) is 8.08. The van der Waals surface area contributed by atoms with Gasteiger partial charge in [0.2, 0.25) is 0 Å². The quantitative estimate of drug-likeness (QED) is 0.502. The summed E-state index contributed by atoms with van der Waals surface area (Å²) >= 11 is 0. The number of benzene rings is 2. The summed E-state index contributed by atoms with van der Waals surface area (Å²) in [6.07, 6.45) is 2.77. The lowest BCUT2D eigenvalue weighted by molar-refractivity contribution is -0.138. The minimum absolute atomic E-state index is 0.0736. The molecule has 0 saturated carbocycles. The molecule has 0 aliphatic rings. The van der Waals surface area contributed by atoms with Gasteiger partial charge in [0, 0.05) is 6.08 Å². The van der Waals surface area contributed by atoms with Crippen LogP contribution in [0.4, 0.5) is 8.78 Å². The summed E-state index contributed by atoms with van der Waals surface area (Å²) in [4.78, 5) is 23.2. The second-order valence-electron chi connectivity index (χ2n) is 5.42. The van der Waals surface area contributed by atoms with E-state index in [1.165, 1.54) is 44.6 Å². The Morgan fingerprint density at radius 2 is 1.75 bits per heavy atom. The van der Waals surface area contributed by atoms with Gasteiger partial charge in [-0.25, -0.2) is 9.59 Å². The van der Waals surface area contributed by atoms with Crippen LogP contribution < -0.4 is 9.47 Å². The summed E-state index contributed by atoms with van der Waals surface area (Å²) < 4.78 is 43.7. The highest BCUT2D eigenvalue weighted by Gasteiger charge is 2.11. The number of halogens is 2. The predicted octanol–water partition coefficient (Wildman–Crippen LogP) is 3.84. The Labute approximate surface area is 160 Å². The summed E-state index contributed by atoms with van der Waals surface area (Å²) in [6.45, 7) is -3.04. The fourth-order valence-electron chi connectivity index (χ4n) is 2.21. The molecule has 6 nitrogen and oxygen atoms in total. The Morgan fingerprint density at radius 1 is 1.04 bits per heavy atom. The van der Waals surface area contributed by atoms with E-state index in [1.54, 1.807) is 24.3 Å². The summed E-state index contributed by atoms with van der Waals surface area (Å²) in [5, 5.41) is 0. The fourth-order valence-corrected chi connectivity index (χ4v) is 2.21. The third-order valence-corrected chi connectivity index (χ3v) is 3.57. The summed E-state index contributed by atoms with van der Waals surface area (Å²) in [6, 6.07) is 10.7. The molecular weight excluding hydrogens is 374 g/mol. The maximum atomic E-state index is 12.3. The minimum atomic E-state index is -2.97. The highest BCUT2D eigenvalue weighted by atomic mass is 19.3. The van der Waals surface area contributed by atoms with E-state index in [1.807, 2.05) is 0 Å². The molecule has 0 N–H and O–H groups in total. The fraction of sp³-hybridized carbons (Fsp3) is 0.200. The molecule has 0 unspecified atom stereocenters. The van der Waals surface area contributed by atoms with Crippen LogP contribution in [0.3, 0.4) is 0 Å². The van der Waals surface area contributed by atoms with Gasteiger partial charge >= 0.3 is 18.6 Å². The average molecular weight is 392 g/mol. The highest BCUT2D eigenvalue weighted by molar-refractivity contribution is 5.90. The average Bonchev–Trinajstić information content (AvgIpc) is 2.70. The van der Waals surface area contributed by atoms with Gasteiger partial charge in [0.25, 0.3) is 0 Å². The van der Waals surface area contributed by atoms with Crippen LogP contribution in [0.25, 0.3) is 6.08 Å². The second-order valence-corrected chi connectivity index (χ2v) is 5.42. The Balaban J connectivity index is 1.93. The number of rotatable bonds is 8. The van der Waals surface area contributed by atoms with Crippen molar-refractivity contribution in [1.29, 1.82) is 0 Å². The third kappa shape index (κ3) is 6.08. The van der Waals surface area contributed by atoms with Gasteiger partial charge in [0.15, 0.2) is 11.5 Å². The lowest BCUT2D eigenvalue weighted by Crippen LogP contribution is -2.05. The van der Waals surface area contributed by atoms with Crippen LogP contribution in [-0.2, 0) is 20.9 Å². The number of hydrogen-bond donors (Lipinski definition) is 0. The molecular formula is C20H18F2O6. The van der Waals surface area contributed by atoms with Crippen LogP contribution in [-0.4, -0.2) is 32.8 Å². The molecule has 0 amide bonds. The molecule has 8 heteroatoms. The molecule has 0 atom stereocenters. The smallest absolute Gasteiger partial charge is 0.387 e. The summed E-state index contributed by atoms with van der Waals surface area (Å²) in [7, 11) is 2.61. The molecule has 0 heterocycles. The van der Waals surface area contributed by atoms with E-state index in [0.717, 1.165) is 0 Å². The number of esters is 2. The van der Waals surface area contributed by atoms with Crippen LogP contribution in [0.2, 0.25) is 0 Å². The monoisotopic (exact) mass is 392 g/mol. The first kappa shape index (κ1) is 20.9. The Hall–Kier alpha value is -3.42. The van der Waals surface area contributed by atoms with Gasteiger partial charge in [-0.3, -0.25) is 0 Å². The molecule has 28 heavy (non-hydrogen) atoms. The molecule has 0 saturated heterocycles. The number of alkyl halides is 2. The molecule has 2 rings (SSSR count). The van der Waals surface area contributed by atoms with Gasteiger partial charge in [-0.1, -0.05) is 18.2 Å². The maximum Gasteiger partial charge on any atom is 0.387 e. The number of methoxy groups -OCH3 is 2. The van der Waals surface area contributed by atoms with E-state index in [4.69, 9.17) is 9.47 Å². The van der Waals surface area contributed by atoms with Crippen LogP contribution in [0.1, 0.15) is 21.5 Å². The molecule has 2 aromatic carbocycles. The number of carbonyl (C=O) groups excluding carboxylic acids is 2. The first-order valence-corrected chi connectivity index (χ1v) is 8.08. The standard InChI is InChI=1S/C20H18F2O6/c1-25-17-11-14(5-9-16(17)28-20(21)22)12-27-18(23)10-6-13-3-7-15(8-4-13)19(24)26-2/h3-11,20H,12H2,1-2H3/b10-6+. The van der Waals surface area contributed by atoms with E-state index >= 15 is 0 Å². The van der Waals surface area contributed by atoms with E-state index in [9.17, 15) is 18.4 Å². The number of carbonyl (C=O) groups is 2. The Bertz CT molecular complexity index is 846. The number of hydrogen-bond acceptors (Lipinski definition) is 6. The van der Waals surface area contributed by atoms with Crippen molar-refractivity contribution in [3.63, 3.8) is 0 Å². The predicted molar refractivity (Wildman–Crippen MR) is 96.2 cm³/mol. The lowest BCUT2D eigenvalue weighted by atomic mass is 10.1. The molecule has 0 aromatic heterocycles. The maximum absolute atomic E-state index is 12.3. The molecule has 0 bridgehead atoms. The largest absolute Gasteiger partial charge is 0.493 e. The normalized spacial score (nSPS) is 10.8. The van der Waals surface area contributed by atoms with Crippen LogP contribution >= 0.6 is 0 Å². The van der Waals surface area contributed by atoms with Gasteiger partial charge in [-0.05, 0) is 41.5 Å². The first-order chi connectivity index (χ1) is 13.4. The zero-order valence-corrected chi connectivity index (χ0v) is 15.2. The van der Waals surface area contributed by atoms with Crippen molar-refractivity contribution in [2.24, 2.45) is 0 Å². The molecule has 0 spiro atoms. The van der Waals surface area contributed by atoms with E-state index < -0.39 is 18.6 Å². The van der Waals surface area contributed by atoms with Gasteiger partial charge in [-0.2, -0.15) is 8.78 Å².